The van der Waals surface area contributed by atoms with Crippen LogP contribution in [0.4, 0.5) is 4.39 Å². The Labute approximate surface area is 129 Å². The molecule has 0 aliphatic heterocycles. The summed E-state index contributed by atoms with van der Waals surface area (Å²) in [6.07, 6.45) is 0. The van der Waals surface area contributed by atoms with Crippen molar-refractivity contribution in [2.75, 3.05) is 0 Å². The summed E-state index contributed by atoms with van der Waals surface area (Å²) in [5.41, 5.74) is 6.40. The third-order valence-electron chi connectivity index (χ3n) is 2.68. The monoisotopic (exact) mass is 356 g/mol. The first kappa shape index (κ1) is 14.8. The van der Waals surface area contributed by atoms with Crippen LogP contribution in [0.3, 0.4) is 0 Å². The molecular weight excluding hydrogens is 347 g/mol. The van der Waals surface area contributed by atoms with Crippen LogP contribution in [0, 0.1) is 11.2 Å². The van der Waals surface area contributed by atoms with Crippen LogP contribution in [0.2, 0.25) is 5.02 Å². The first-order valence-corrected chi connectivity index (χ1v) is 6.86. The molecule has 104 valence electrons. The van der Waals surface area contributed by atoms with E-state index < -0.39 is 5.82 Å². The number of hydrogen-bond acceptors (Lipinski definition) is 2. The lowest BCUT2D eigenvalue weighted by atomic mass is 10.2. The number of ether oxygens (including phenoxy) is 1. The van der Waals surface area contributed by atoms with Crippen molar-refractivity contribution in [3.8, 4) is 5.75 Å². The van der Waals surface area contributed by atoms with Crippen LogP contribution in [0.5, 0.6) is 5.75 Å². The van der Waals surface area contributed by atoms with Gasteiger partial charge in [0.2, 0.25) is 0 Å². The second-order valence-corrected chi connectivity index (χ2v) is 5.23. The smallest absolute Gasteiger partial charge is 0.179 e. The predicted molar refractivity (Wildman–Crippen MR) is 80.9 cm³/mol. The lowest BCUT2D eigenvalue weighted by molar-refractivity contribution is 0.289. The first-order chi connectivity index (χ1) is 9.50. The van der Waals surface area contributed by atoms with Crippen molar-refractivity contribution in [2.45, 2.75) is 6.61 Å². The van der Waals surface area contributed by atoms with Crippen LogP contribution in [0.25, 0.3) is 0 Å². The van der Waals surface area contributed by atoms with Gasteiger partial charge in [0.1, 0.15) is 12.4 Å². The van der Waals surface area contributed by atoms with Gasteiger partial charge in [-0.25, -0.2) is 4.39 Å². The van der Waals surface area contributed by atoms with Gasteiger partial charge in [-0.3, -0.25) is 5.41 Å². The summed E-state index contributed by atoms with van der Waals surface area (Å²) >= 11 is 9.07. The van der Waals surface area contributed by atoms with E-state index in [1.165, 1.54) is 12.1 Å². The van der Waals surface area contributed by atoms with Gasteiger partial charge in [-0.1, -0.05) is 29.8 Å². The molecular formula is C14H11BrClFN2O. The highest BCUT2D eigenvalue weighted by atomic mass is 79.9. The Hall–Kier alpha value is -1.59. The molecule has 0 aromatic heterocycles. The molecule has 0 saturated carbocycles. The normalized spacial score (nSPS) is 10.3. The summed E-state index contributed by atoms with van der Waals surface area (Å²) in [7, 11) is 0. The molecule has 2 aromatic carbocycles. The van der Waals surface area contributed by atoms with Crippen molar-refractivity contribution in [3.63, 3.8) is 0 Å². The number of nitrogens with one attached hydrogen (secondary N) is 1. The number of halogens is 3. The quantitative estimate of drug-likeness (QED) is 0.639. The molecule has 3 N–H and O–H groups in total. The van der Waals surface area contributed by atoms with Crippen LogP contribution >= 0.6 is 27.5 Å². The third kappa shape index (κ3) is 3.11. The Morgan fingerprint density at radius 2 is 2.00 bits per heavy atom. The van der Waals surface area contributed by atoms with E-state index in [1.54, 1.807) is 12.1 Å². The Bertz CT molecular complexity index is 664. The van der Waals surface area contributed by atoms with E-state index in [-0.39, 0.29) is 28.2 Å². The minimum absolute atomic E-state index is 0.0711. The molecule has 0 atom stereocenters. The van der Waals surface area contributed by atoms with Crippen LogP contribution in [-0.2, 0) is 6.61 Å². The molecule has 0 aliphatic rings. The Kier molecular flexibility index (Phi) is 4.62. The van der Waals surface area contributed by atoms with Crippen molar-refractivity contribution < 1.29 is 9.13 Å². The van der Waals surface area contributed by atoms with Gasteiger partial charge >= 0.3 is 0 Å². The largest absolute Gasteiger partial charge is 0.486 e. The molecule has 0 amide bonds. The van der Waals surface area contributed by atoms with Gasteiger partial charge in [-0.05, 0) is 34.1 Å². The number of benzene rings is 2. The second kappa shape index (κ2) is 6.24. The molecule has 2 rings (SSSR count). The van der Waals surface area contributed by atoms with Crippen molar-refractivity contribution in [2.24, 2.45) is 5.73 Å². The molecule has 2 aromatic rings. The molecule has 0 saturated heterocycles. The van der Waals surface area contributed by atoms with Gasteiger partial charge in [0.05, 0.1) is 4.47 Å². The zero-order valence-corrected chi connectivity index (χ0v) is 12.6. The highest BCUT2D eigenvalue weighted by Crippen LogP contribution is 2.29. The number of nitrogen functional groups attached to an aromatic ring is 1. The summed E-state index contributed by atoms with van der Waals surface area (Å²) < 4.78 is 19.6. The molecule has 0 aliphatic carbocycles. The van der Waals surface area contributed by atoms with Gasteiger partial charge in [-0.2, -0.15) is 0 Å². The van der Waals surface area contributed by atoms with Crippen molar-refractivity contribution in [1.29, 1.82) is 5.41 Å². The van der Waals surface area contributed by atoms with E-state index in [0.717, 1.165) is 5.56 Å². The maximum atomic E-state index is 14.1. The van der Waals surface area contributed by atoms with Crippen LogP contribution in [-0.4, -0.2) is 5.84 Å². The fraction of sp³-hybridized carbons (Fsp3) is 0.0714. The van der Waals surface area contributed by atoms with Gasteiger partial charge < -0.3 is 10.5 Å². The summed E-state index contributed by atoms with van der Waals surface area (Å²) in [4.78, 5) is 0. The molecule has 6 heteroatoms. The zero-order chi connectivity index (χ0) is 14.7. The lowest BCUT2D eigenvalue weighted by Gasteiger charge is -2.11. The van der Waals surface area contributed by atoms with Gasteiger partial charge in [0, 0.05) is 16.1 Å². The highest BCUT2D eigenvalue weighted by molar-refractivity contribution is 9.10. The van der Waals surface area contributed by atoms with Crippen molar-refractivity contribution in [1.82, 2.24) is 0 Å². The molecule has 0 unspecified atom stereocenters. The maximum Gasteiger partial charge on any atom is 0.179 e. The van der Waals surface area contributed by atoms with E-state index in [9.17, 15) is 4.39 Å². The fourth-order valence-electron chi connectivity index (χ4n) is 1.62. The minimum atomic E-state index is -0.593. The Balaban J connectivity index is 2.21. The standard InChI is InChI=1S/C14H11BrClFN2O/c15-12-9(14(18)19)5-6-11(13(12)17)20-7-8-3-1-2-4-10(8)16/h1-6H,7H2,(H3,18,19). The van der Waals surface area contributed by atoms with E-state index >= 15 is 0 Å². The number of amidine groups is 1. The van der Waals surface area contributed by atoms with E-state index in [0.29, 0.717) is 5.02 Å². The fourth-order valence-corrected chi connectivity index (χ4v) is 2.35. The van der Waals surface area contributed by atoms with Crippen molar-refractivity contribution in [3.05, 3.63) is 62.8 Å². The zero-order valence-electron chi connectivity index (χ0n) is 10.3. The molecule has 0 radical (unpaired) electrons. The summed E-state index contributed by atoms with van der Waals surface area (Å²) in [6, 6.07) is 10.1. The molecule has 0 bridgehead atoms. The molecule has 20 heavy (non-hydrogen) atoms. The third-order valence-corrected chi connectivity index (χ3v) is 3.82. The van der Waals surface area contributed by atoms with Crippen molar-refractivity contribution >= 4 is 33.4 Å². The predicted octanol–water partition coefficient (Wildman–Crippen LogP) is 4.10. The number of rotatable bonds is 4. The Morgan fingerprint density at radius 3 is 2.65 bits per heavy atom. The minimum Gasteiger partial charge on any atom is -0.486 e. The van der Waals surface area contributed by atoms with Gasteiger partial charge in [-0.15, -0.1) is 0 Å². The number of hydrogen-bond donors (Lipinski definition) is 2. The lowest BCUT2D eigenvalue weighted by Crippen LogP contribution is -2.12. The SMILES string of the molecule is N=C(N)c1ccc(OCc2ccccc2Cl)c(F)c1Br. The summed E-state index contributed by atoms with van der Waals surface area (Å²) in [5.74, 6) is -0.736. The molecule has 0 spiro atoms. The first-order valence-electron chi connectivity index (χ1n) is 5.69. The number of nitrogens with two attached hydrogens (primary N) is 1. The van der Waals surface area contributed by atoms with E-state index in [2.05, 4.69) is 15.9 Å². The molecule has 0 fully saturated rings. The molecule has 0 heterocycles. The maximum absolute atomic E-state index is 14.1. The van der Waals surface area contributed by atoms with Crippen LogP contribution < -0.4 is 10.5 Å². The Morgan fingerprint density at radius 1 is 1.30 bits per heavy atom. The van der Waals surface area contributed by atoms with E-state index in [1.807, 2.05) is 12.1 Å². The summed E-state index contributed by atoms with van der Waals surface area (Å²) in [5, 5.41) is 7.89. The van der Waals surface area contributed by atoms with Gasteiger partial charge in [0.25, 0.3) is 0 Å². The van der Waals surface area contributed by atoms with E-state index in [4.69, 9.17) is 27.5 Å². The average molecular weight is 358 g/mol. The van der Waals surface area contributed by atoms with Gasteiger partial charge in [0.15, 0.2) is 11.6 Å². The van der Waals surface area contributed by atoms with Crippen LogP contribution in [0.1, 0.15) is 11.1 Å². The highest BCUT2D eigenvalue weighted by Gasteiger charge is 2.14. The topological polar surface area (TPSA) is 59.1 Å². The van der Waals surface area contributed by atoms with Crippen LogP contribution in [0.15, 0.2) is 40.9 Å². The average Bonchev–Trinajstić information content (AvgIpc) is 2.41. The summed E-state index contributed by atoms with van der Waals surface area (Å²) in [6.45, 7) is 0.155. The molecule has 3 nitrogen and oxygen atoms in total. The second-order valence-electron chi connectivity index (χ2n) is 4.03.